The molecule has 23 heavy (non-hydrogen) atoms. The van der Waals surface area contributed by atoms with Gasteiger partial charge in [-0.2, -0.15) is 0 Å². The highest BCUT2D eigenvalue weighted by molar-refractivity contribution is 7.99. The number of rotatable bonds is 2. The van der Waals surface area contributed by atoms with Gasteiger partial charge in [0.25, 0.3) is 0 Å². The molecule has 114 valence electrons. The third-order valence-corrected chi connectivity index (χ3v) is 4.16. The first kappa shape index (κ1) is 15.3. The van der Waals surface area contributed by atoms with E-state index in [-0.39, 0.29) is 0 Å². The van der Waals surface area contributed by atoms with Gasteiger partial charge >= 0.3 is 0 Å². The van der Waals surface area contributed by atoms with Crippen LogP contribution in [0.15, 0.2) is 101 Å². The summed E-state index contributed by atoms with van der Waals surface area (Å²) in [6.07, 6.45) is 3.74. The lowest BCUT2D eigenvalue weighted by molar-refractivity contribution is 0.239. The Kier molecular flexibility index (Phi) is 5.38. The fraction of sp³-hybridized carbons (Fsp3) is 0. The molecule has 1 heterocycles. The van der Waals surface area contributed by atoms with Crippen LogP contribution < -0.4 is 10.3 Å². The number of nitrogens with one attached hydrogen (secondary N) is 1. The van der Waals surface area contributed by atoms with Gasteiger partial charge in [0, 0.05) is 21.6 Å². The van der Waals surface area contributed by atoms with E-state index in [1.54, 1.807) is 18.0 Å². The Balaban J connectivity index is 0.000000140. The van der Waals surface area contributed by atoms with Gasteiger partial charge in [-0.05, 0) is 36.4 Å². The van der Waals surface area contributed by atoms with Crippen molar-refractivity contribution in [2.75, 3.05) is 0 Å². The van der Waals surface area contributed by atoms with E-state index in [1.165, 1.54) is 9.79 Å². The van der Waals surface area contributed by atoms with Gasteiger partial charge in [-0.3, -0.25) is 0 Å². The smallest absolute Gasteiger partial charge is 0.162 e. The monoisotopic (exact) mass is 319 g/mol. The first-order valence-corrected chi connectivity index (χ1v) is 8.19. The predicted molar refractivity (Wildman–Crippen MR) is 96.2 cm³/mol. The molecule has 0 saturated heterocycles. The summed E-state index contributed by atoms with van der Waals surface area (Å²) in [7, 11) is 0. The summed E-state index contributed by atoms with van der Waals surface area (Å²) in [5.74, 6) is 0.880. The Morgan fingerprint density at radius 2 is 1.22 bits per heavy atom. The van der Waals surface area contributed by atoms with Crippen LogP contribution in [0, 0.1) is 0 Å². The number of benzene rings is 3. The molecule has 0 saturated carbocycles. The summed E-state index contributed by atoms with van der Waals surface area (Å²) in [5.41, 5.74) is 3.77. The molecule has 0 radical (unpaired) electrons. The second kappa shape index (κ2) is 8.11. The summed E-state index contributed by atoms with van der Waals surface area (Å²) in [4.78, 5) is 7.66. The zero-order valence-electron chi connectivity index (χ0n) is 12.6. The minimum atomic E-state index is 0.880. The summed E-state index contributed by atoms with van der Waals surface area (Å²) >= 11 is 1.79. The van der Waals surface area contributed by atoms with Crippen LogP contribution in [0.4, 0.5) is 0 Å². The van der Waals surface area contributed by atoms with Gasteiger partial charge in [-0.25, -0.2) is 5.48 Å². The van der Waals surface area contributed by atoms with Crippen LogP contribution in [0.2, 0.25) is 0 Å². The fourth-order valence-electron chi connectivity index (χ4n) is 2.05. The first-order chi connectivity index (χ1) is 11.4. The number of fused-ring (bicyclic) bond motifs is 1. The molecule has 1 aliphatic heterocycles. The summed E-state index contributed by atoms with van der Waals surface area (Å²) in [6, 6.07) is 28.7. The van der Waals surface area contributed by atoms with Crippen LogP contribution in [0.25, 0.3) is 6.08 Å². The molecule has 0 spiro atoms. The second-order valence-electron chi connectivity index (χ2n) is 4.82. The van der Waals surface area contributed by atoms with Gasteiger partial charge in [-0.15, -0.1) is 0 Å². The Labute approximate surface area is 140 Å². The zero-order valence-corrected chi connectivity index (χ0v) is 13.4. The normalized spacial score (nSPS) is 11.3. The van der Waals surface area contributed by atoms with Crippen LogP contribution in [-0.4, -0.2) is 0 Å². The van der Waals surface area contributed by atoms with Gasteiger partial charge in [0.05, 0.1) is 0 Å². The van der Waals surface area contributed by atoms with Crippen molar-refractivity contribution >= 4 is 17.8 Å². The maximum absolute atomic E-state index is 5.09. The van der Waals surface area contributed by atoms with Crippen molar-refractivity contribution in [2.24, 2.45) is 0 Å². The van der Waals surface area contributed by atoms with Gasteiger partial charge < -0.3 is 4.84 Å². The van der Waals surface area contributed by atoms with Gasteiger partial charge in [-0.1, -0.05) is 66.4 Å². The fourth-order valence-corrected chi connectivity index (χ4v) is 2.90. The van der Waals surface area contributed by atoms with Gasteiger partial charge in [0.15, 0.2) is 5.75 Å². The van der Waals surface area contributed by atoms with Crippen molar-refractivity contribution in [3.63, 3.8) is 0 Å². The largest absolute Gasteiger partial charge is 0.382 e. The van der Waals surface area contributed by atoms with E-state index in [0.717, 1.165) is 11.3 Å². The standard InChI is InChI=1S/C12H10S.C8H7NO/c1-3-7-11(8-4-1)13-12-9-5-2-6-10-12;1-2-4-8-7(3-1)5-6-9-10-8/h1-10H;1-6,9H. The van der Waals surface area contributed by atoms with Crippen molar-refractivity contribution in [1.29, 1.82) is 0 Å². The second-order valence-corrected chi connectivity index (χ2v) is 5.97. The Hall–Kier alpha value is -2.65. The van der Waals surface area contributed by atoms with Crippen LogP contribution in [0.1, 0.15) is 5.56 Å². The van der Waals surface area contributed by atoms with E-state index in [2.05, 4.69) is 54.0 Å². The molecule has 3 aromatic rings. The molecule has 0 fully saturated rings. The lowest BCUT2D eigenvalue weighted by atomic mass is 10.2. The molecule has 1 N–H and O–H groups in total. The quantitative estimate of drug-likeness (QED) is 0.684. The molecular formula is C20H17NOS. The van der Waals surface area contributed by atoms with Gasteiger partial charge in [0.2, 0.25) is 0 Å². The van der Waals surface area contributed by atoms with E-state index in [4.69, 9.17) is 4.84 Å². The van der Waals surface area contributed by atoms with Crippen molar-refractivity contribution < 1.29 is 4.84 Å². The third kappa shape index (κ3) is 4.66. The van der Waals surface area contributed by atoms with Crippen molar-refractivity contribution in [2.45, 2.75) is 9.79 Å². The molecule has 0 aliphatic carbocycles. The molecule has 0 amide bonds. The number of hydrogen-bond donors (Lipinski definition) is 1. The van der Waals surface area contributed by atoms with E-state index in [9.17, 15) is 0 Å². The summed E-state index contributed by atoms with van der Waals surface area (Å²) in [5, 5.41) is 0. The molecule has 0 unspecified atom stereocenters. The molecule has 2 nitrogen and oxygen atoms in total. The van der Waals surface area contributed by atoms with Crippen molar-refractivity contribution in [3.05, 3.63) is 96.7 Å². The maximum Gasteiger partial charge on any atom is 0.162 e. The third-order valence-electron chi connectivity index (χ3n) is 3.14. The highest BCUT2D eigenvalue weighted by Crippen LogP contribution is 2.26. The van der Waals surface area contributed by atoms with Gasteiger partial charge in [0.1, 0.15) is 0 Å². The molecular weight excluding hydrogens is 302 g/mol. The van der Waals surface area contributed by atoms with Crippen LogP contribution >= 0.6 is 11.8 Å². The average molecular weight is 319 g/mol. The molecule has 1 aliphatic rings. The zero-order chi connectivity index (χ0) is 15.7. The Morgan fingerprint density at radius 1 is 0.652 bits per heavy atom. The SMILES string of the molecule is C1=Cc2ccccc2ON1.c1ccc(Sc2ccccc2)cc1. The van der Waals surface area contributed by atoms with Crippen LogP contribution in [-0.2, 0) is 0 Å². The summed E-state index contributed by atoms with van der Waals surface area (Å²) in [6.45, 7) is 0. The molecule has 0 aromatic heterocycles. The maximum atomic E-state index is 5.09. The van der Waals surface area contributed by atoms with Crippen LogP contribution in [0.3, 0.4) is 0 Å². The van der Waals surface area contributed by atoms with Crippen molar-refractivity contribution in [1.82, 2.24) is 5.48 Å². The first-order valence-electron chi connectivity index (χ1n) is 7.38. The van der Waals surface area contributed by atoms with Crippen molar-refractivity contribution in [3.8, 4) is 5.75 Å². The highest BCUT2D eigenvalue weighted by Gasteiger charge is 2.01. The van der Waals surface area contributed by atoms with E-state index in [1.807, 2.05) is 42.5 Å². The molecule has 0 bridgehead atoms. The number of hydrogen-bond acceptors (Lipinski definition) is 3. The van der Waals surface area contributed by atoms with E-state index in [0.29, 0.717) is 0 Å². The van der Waals surface area contributed by atoms with Crippen LogP contribution in [0.5, 0.6) is 5.75 Å². The average Bonchev–Trinajstić information content (AvgIpc) is 2.64. The Morgan fingerprint density at radius 3 is 1.83 bits per heavy atom. The molecule has 0 atom stereocenters. The molecule has 3 aromatic carbocycles. The predicted octanol–water partition coefficient (Wildman–Crippen LogP) is 5.39. The topological polar surface area (TPSA) is 21.3 Å². The van der Waals surface area contributed by atoms with E-state index >= 15 is 0 Å². The minimum Gasteiger partial charge on any atom is -0.382 e. The number of hydroxylamine groups is 1. The minimum absolute atomic E-state index is 0.880. The Bertz CT molecular complexity index is 719. The molecule has 3 heteroatoms. The lowest BCUT2D eigenvalue weighted by Gasteiger charge is -2.11. The summed E-state index contributed by atoms with van der Waals surface area (Å²) < 4.78 is 0. The number of para-hydroxylation sites is 1. The lowest BCUT2D eigenvalue weighted by Crippen LogP contribution is -2.13. The molecule has 4 rings (SSSR count). The highest BCUT2D eigenvalue weighted by atomic mass is 32.2. The van der Waals surface area contributed by atoms with E-state index < -0.39 is 0 Å².